The van der Waals surface area contributed by atoms with Crippen molar-refractivity contribution < 1.29 is 9.59 Å². The summed E-state index contributed by atoms with van der Waals surface area (Å²) in [4.78, 5) is 23.3. The van der Waals surface area contributed by atoms with E-state index in [2.05, 4.69) is 5.32 Å². The van der Waals surface area contributed by atoms with Gasteiger partial charge in [0, 0.05) is 20.5 Å². The molecule has 1 rings (SSSR count). The highest BCUT2D eigenvalue weighted by molar-refractivity contribution is 5.92. The Kier molecular flexibility index (Phi) is 3.85. The Morgan fingerprint density at radius 1 is 1.27 bits per heavy atom. The Balaban J connectivity index is 2.44. The summed E-state index contributed by atoms with van der Waals surface area (Å²) in [5, 5.41) is 2.65. The second-order valence-electron chi connectivity index (χ2n) is 3.22. The standard InChI is InChI=1S/C11H14N2O2/c1-9(14)13(2)11(15)12-8-10-6-4-3-5-7-10/h3-7H,8H2,1-2H3,(H,12,15). The van der Waals surface area contributed by atoms with Gasteiger partial charge in [-0.1, -0.05) is 30.3 Å². The van der Waals surface area contributed by atoms with Crippen molar-refractivity contribution in [3.63, 3.8) is 0 Å². The molecule has 0 saturated carbocycles. The number of nitrogens with zero attached hydrogens (tertiary/aromatic N) is 1. The normalized spacial score (nSPS) is 9.47. The number of benzene rings is 1. The lowest BCUT2D eigenvalue weighted by Gasteiger charge is -2.13. The summed E-state index contributed by atoms with van der Waals surface area (Å²) >= 11 is 0. The molecular weight excluding hydrogens is 192 g/mol. The quantitative estimate of drug-likeness (QED) is 0.794. The first-order valence-corrected chi connectivity index (χ1v) is 4.67. The molecule has 1 aromatic carbocycles. The van der Waals surface area contributed by atoms with Crippen LogP contribution in [0.1, 0.15) is 12.5 Å². The molecule has 1 aromatic rings. The maximum atomic E-state index is 11.4. The third-order valence-electron chi connectivity index (χ3n) is 2.06. The van der Waals surface area contributed by atoms with Crippen LogP contribution >= 0.6 is 0 Å². The molecule has 0 aliphatic carbocycles. The third kappa shape index (κ3) is 3.42. The molecule has 0 bridgehead atoms. The Hall–Kier alpha value is -1.84. The molecule has 80 valence electrons. The van der Waals surface area contributed by atoms with Crippen LogP contribution in [0.5, 0.6) is 0 Å². The van der Waals surface area contributed by atoms with E-state index in [4.69, 9.17) is 0 Å². The van der Waals surface area contributed by atoms with Crippen LogP contribution in [0.2, 0.25) is 0 Å². The number of hydrogen-bond donors (Lipinski definition) is 1. The van der Waals surface area contributed by atoms with Crippen LogP contribution < -0.4 is 5.32 Å². The van der Waals surface area contributed by atoms with E-state index in [1.807, 2.05) is 30.3 Å². The monoisotopic (exact) mass is 206 g/mol. The summed E-state index contributed by atoms with van der Waals surface area (Å²) < 4.78 is 0. The number of carbonyl (C=O) groups excluding carboxylic acids is 2. The van der Waals surface area contributed by atoms with E-state index >= 15 is 0 Å². The topological polar surface area (TPSA) is 49.4 Å². The van der Waals surface area contributed by atoms with E-state index in [9.17, 15) is 9.59 Å². The van der Waals surface area contributed by atoms with Gasteiger partial charge in [0.15, 0.2) is 0 Å². The molecule has 1 N–H and O–H groups in total. The van der Waals surface area contributed by atoms with E-state index in [1.165, 1.54) is 14.0 Å². The Morgan fingerprint density at radius 2 is 1.87 bits per heavy atom. The zero-order chi connectivity index (χ0) is 11.3. The van der Waals surface area contributed by atoms with E-state index < -0.39 is 0 Å². The highest BCUT2D eigenvalue weighted by Crippen LogP contribution is 1.97. The lowest BCUT2D eigenvalue weighted by Crippen LogP contribution is -2.39. The third-order valence-corrected chi connectivity index (χ3v) is 2.06. The predicted molar refractivity (Wildman–Crippen MR) is 57.1 cm³/mol. The number of imide groups is 1. The van der Waals surface area contributed by atoms with Gasteiger partial charge in [0.2, 0.25) is 5.91 Å². The van der Waals surface area contributed by atoms with Gasteiger partial charge < -0.3 is 5.32 Å². The number of carbonyl (C=O) groups is 2. The fourth-order valence-corrected chi connectivity index (χ4v) is 1.04. The second-order valence-corrected chi connectivity index (χ2v) is 3.22. The second kappa shape index (κ2) is 5.14. The highest BCUT2D eigenvalue weighted by Gasteiger charge is 2.10. The lowest BCUT2D eigenvalue weighted by molar-refractivity contribution is -0.124. The lowest BCUT2D eigenvalue weighted by atomic mass is 10.2. The van der Waals surface area contributed by atoms with E-state index in [-0.39, 0.29) is 11.9 Å². The van der Waals surface area contributed by atoms with Gasteiger partial charge in [0.25, 0.3) is 0 Å². The molecule has 3 amide bonds. The van der Waals surface area contributed by atoms with Crippen LogP contribution in [0, 0.1) is 0 Å². The average molecular weight is 206 g/mol. The molecule has 0 heterocycles. The first kappa shape index (κ1) is 11.2. The minimum atomic E-state index is -0.383. The van der Waals surface area contributed by atoms with Gasteiger partial charge in [-0.05, 0) is 5.56 Å². The molecule has 4 heteroatoms. The molecule has 4 nitrogen and oxygen atoms in total. The van der Waals surface area contributed by atoms with Crippen LogP contribution in [-0.2, 0) is 11.3 Å². The first-order valence-electron chi connectivity index (χ1n) is 4.67. The largest absolute Gasteiger partial charge is 0.334 e. The van der Waals surface area contributed by atoms with Crippen molar-refractivity contribution in [3.05, 3.63) is 35.9 Å². The molecule has 0 aromatic heterocycles. The summed E-state index contributed by atoms with van der Waals surface area (Å²) in [5.74, 6) is -0.277. The van der Waals surface area contributed by atoms with Gasteiger partial charge in [-0.15, -0.1) is 0 Å². The van der Waals surface area contributed by atoms with Gasteiger partial charge in [0.1, 0.15) is 0 Å². The minimum Gasteiger partial charge on any atom is -0.334 e. The average Bonchev–Trinajstić information content (AvgIpc) is 2.26. The maximum Gasteiger partial charge on any atom is 0.324 e. The molecule has 0 saturated heterocycles. The van der Waals surface area contributed by atoms with Crippen molar-refractivity contribution in [1.29, 1.82) is 0 Å². The Labute approximate surface area is 88.9 Å². The van der Waals surface area contributed by atoms with Gasteiger partial charge in [-0.25, -0.2) is 4.79 Å². The number of rotatable bonds is 2. The molecule has 0 fully saturated rings. The SMILES string of the molecule is CC(=O)N(C)C(=O)NCc1ccccc1. The van der Waals surface area contributed by atoms with Gasteiger partial charge in [0.05, 0.1) is 0 Å². The van der Waals surface area contributed by atoms with Crippen molar-refractivity contribution >= 4 is 11.9 Å². The zero-order valence-electron chi connectivity index (χ0n) is 8.86. The zero-order valence-corrected chi connectivity index (χ0v) is 8.86. The van der Waals surface area contributed by atoms with Crippen molar-refractivity contribution in [2.24, 2.45) is 0 Å². The number of urea groups is 1. The van der Waals surface area contributed by atoms with Gasteiger partial charge in [-0.3, -0.25) is 9.69 Å². The van der Waals surface area contributed by atoms with E-state index in [1.54, 1.807) is 0 Å². The van der Waals surface area contributed by atoms with Crippen LogP contribution in [0.4, 0.5) is 4.79 Å². The Morgan fingerprint density at radius 3 is 2.40 bits per heavy atom. The van der Waals surface area contributed by atoms with Crippen LogP contribution in [0.3, 0.4) is 0 Å². The summed E-state index contributed by atoms with van der Waals surface area (Å²) in [6.07, 6.45) is 0. The van der Waals surface area contributed by atoms with Crippen molar-refractivity contribution in [2.45, 2.75) is 13.5 Å². The molecule has 0 unspecified atom stereocenters. The molecule has 0 atom stereocenters. The van der Waals surface area contributed by atoms with Crippen molar-refractivity contribution in [3.8, 4) is 0 Å². The number of hydrogen-bond acceptors (Lipinski definition) is 2. The molecule has 15 heavy (non-hydrogen) atoms. The van der Waals surface area contributed by atoms with Crippen LogP contribution in [0.25, 0.3) is 0 Å². The smallest absolute Gasteiger partial charge is 0.324 e. The first-order chi connectivity index (χ1) is 7.11. The molecule has 0 aliphatic rings. The van der Waals surface area contributed by atoms with E-state index in [0.717, 1.165) is 10.5 Å². The van der Waals surface area contributed by atoms with Crippen molar-refractivity contribution in [2.75, 3.05) is 7.05 Å². The van der Waals surface area contributed by atoms with Crippen LogP contribution in [0.15, 0.2) is 30.3 Å². The van der Waals surface area contributed by atoms with Gasteiger partial charge in [-0.2, -0.15) is 0 Å². The summed E-state index contributed by atoms with van der Waals surface area (Å²) in [6, 6.07) is 9.15. The summed E-state index contributed by atoms with van der Waals surface area (Å²) in [6.45, 7) is 1.78. The van der Waals surface area contributed by atoms with Crippen molar-refractivity contribution in [1.82, 2.24) is 10.2 Å². The molecule has 0 aliphatic heterocycles. The summed E-state index contributed by atoms with van der Waals surface area (Å²) in [5.41, 5.74) is 1.00. The fraction of sp³-hybridized carbons (Fsp3) is 0.273. The predicted octanol–water partition coefficient (Wildman–Crippen LogP) is 1.37. The fourth-order valence-electron chi connectivity index (χ4n) is 1.04. The highest BCUT2D eigenvalue weighted by atomic mass is 16.2. The number of nitrogens with one attached hydrogen (secondary N) is 1. The van der Waals surface area contributed by atoms with E-state index in [0.29, 0.717) is 6.54 Å². The van der Waals surface area contributed by atoms with Crippen LogP contribution in [-0.4, -0.2) is 23.9 Å². The Bertz CT molecular complexity index is 349. The molecular formula is C11H14N2O2. The summed E-state index contributed by atoms with van der Waals surface area (Å²) in [7, 11) is 1.45. The molecule has 0 spiro atoms. The molecule has 0 radical (unpaired) electrons. The number of amides is 3. The maximum absolute atomic E-state index is 11.4. The minimum absolute atomic E-state index is 0.277. The van der Waals surface area contributed by atoms with Gasteiger partial charge >= 0.3 is 6.03 Å².